The van der Waals surface area contributed by atoms with E-state index in [9.17, 15) is 0 Å². The minimum atomic E-state index is 0.0540. The highest BCUT2D eigenvalue weighted by Gasteiger charge is 2.19. The van der Waals surface area contributed by atoms with E-state index in [-0.39, 0.29) is 11.6 Å². The van der Waals surface area contributed by atoms with Crippen molar-refractivity contribution in [2.45, 2.75) is 39.0 Å². The monoisotopic (exact) mass is 267 g/mol. The summed E-state index contributed by atoms with van der Waals surface area (Å²) in [6.45, 7) is 8.00. The van der Waals surface area contributed by atoms with E-state index in [4.69, 9.17) is 4.74 Å². The van der Waals surface area contributed by atoms with Gasteiger partial charge in [-0.3, -0.25) is 0 Å². The van der Waals surface area contributed by atoms with Crippen molar-refractivity contribution in [2.75, 3.05) is 18.1 Å². The molecule has 5 heteroatoms. The van der Waals surface area contributed by atoms with E-state index in [1.54, 1.807) is 0 Å². The number of nitrogens with one attached hydrogen (secondary N) is 1. The molecular weight excluding hydrogens is 246 g/mol. The Kier molecular flexibility index (Phi) is 4.59. The molecule has 0 aliphatic carbocycles. The summed E-state index contributed by atoms with van der Waals surface area (Å²) in [5.74, 6) is 2.84. The molecule has 0 amide bonds. The molecule has 1 aromatic rings. The quantitative estimate of drug-likeness (QED) is 0.909. The molecule has 0 spiro atoms. The molecule has 2 rings (SSSR count). The molecule has 1 aromatic heterocycles. The molecular formula is C13H21N3OS. The number of ether oxygens (including phenoxy) is 1. The Hall–Kier alpha value is -0.650. The zero-order valence-corrected chi connectivity index (χ0v) is 12.1. The average Bonchev–Trinajstić information content (AvgIpc) is 2.37. The van der Waals surface area contributed by atoms with Crippen LogP contribution in [0.3, 0.4) is 0 Å². The summed E-state index contributed by atoms with van der Waals surface area (Å²) in [4.78, 5) is 8.92. The largest absolute Gasteiger partial charge is 0.368 e. The molecule has 0 radical (unpaired) electrons. The fourth-order valence-electron chi connectivity index (χ4n) is 1.66. The maximum Gasteiger partial charge on any atom is 0.158 e. The van der Waals surface area contributed by atoms with Gasteiger partial charge in [0.2, 0.25) is 0 Å². The molecule has 0 bridgehead atoms. The molecule has 1 aliphatic rings. The van der Waals surface area contributed by atoms with Gasteiger partial charge in [0.1, 0.15) is 6.10 Å². The van der Waals surface area contributed by atoms with Crippen LogP contribution >= 0.6 is 11.8 Å². The van der Waals surface area contributed by atoms with Crippen LogP contribution in [0.4, 0.5) is 0 Å². The van der Waals surface area contributed by atoms with Crippen molar-refractivity contribution in [1.29, 1.82) is 0 Å². The van der Waals surface area contributed by atoms with Gasteiger partial charge in [-0.25, -0.2) is 9.97 Å². The number of rotatable bonds is 3. The predicted octanol–water partition coefficient (Wildman–Crippen LogP) is 2.17. The highest BCUT2D eigenvalue weighted by Crippen LogP contribution is 2.23. The Morgan fingerprint density at radius 2 is 2.33 bits per heavy atom. The van der Waals surface area contributed by atoms with E-state index in [0.29, 0.717) is 0 Å². The Morgan fingerprint density at radius 3 is 3.00 bits per heavy atom. The summed E-state index contributed by atoms with van der Waals surface area (Å²) in [5, 5.41) is 3.43. The molecule has 1 unspecified atom stereocenters. The van der Waals surface area contributed by atoms with Crippen LogP contribution in [0, 0.1) is 0 Å². The van der Waals surface area contributed by atoms with E-state index >= 15 is 0 Å². The van der Waals surface area contributed by atoms with Crippen molar-refractivity contribution >= 4 is 11.8 Å². The molecule has 1 N–H and O–H groups in total. The third-order valence-corrected chi connectivity index (χ3v) is 3.63. The van der Waals surface area contributed by atoms with Crippen molar-refractivity contribution in [2.24, 2.45) is 0 Å². The molecule has 1 fully saturated rings. The lowest BCUT2D eigenvalue weighted by molar-refractivity contribution is 0.0692. The molecule has 0 aromatic carbocycles. The van der Waals surface area contributed by atoms with Crippen LogP contribution in [0.25, 0.3) is 0 Å². The Balaban J connectivity index is 2.00. The van der Waals surface area contributed by atoms with Gasteiger partial charge in [0.15, 0.2) is 5.82 Å². The third-order valence-electron chi connectivity index (χ3n) is 2.64. The van der Waals surface area contributed by atoms with E-state index in [1.165, 1.54) is 0 Å². The molecule has 18 heavy (non-hydrogen) atoms. The van der Waals surface area contributed by atoms with Crippen molar-refractivity contribution in [3.8, 4) is 0 Å². The average molecular weight is 267 g/mol. The van der Waals surface area contributed by atoms with E-state index in [1.807, 2.05) is 24.0 Å². The maximum atomic E-state index is 5.70. The summed E-state index contributed by atoms with van der Waals surface area (Å²) in [7, 11) is 0. The number of hydrogen-bond donors (Lipinski definition) is 1. The topological polar surface area (TPSA) is 47.0 Å². The second kappa shape index (κ2) is 5.99. The van der Waals surface area contributed by atoms with Crippen LogP contribution in [-0.2, 0) is 11.3 Å². The van der Waals surface area contributed by atoms with E-state index < -0.39 is 0 Å². The second-order valence-corrected chi connectivity index (χ2v) is 6.59. The van der Waals surface area contributed by atoms with Crippen LogP contribution < -0.4 is 5.32 Å². The first-order valence-electron chi connectivity index (χ1n) is 6.31. The van der Waals surface area contributed by atoms with Gasteiger partial charge in [0.05, 0.1) is 12.3 Å². The number of aromatic nitrogens is 2. The summed E-state index contributed by atoms with van der Waals surface area (Å²) in [5.41, 5.74) is 1.12. The minimum absolute atomic E-state index is 0.0540. The smallest absolute Gasteiger partial charge is 0.158 e. The number of thioether (sulfide) groups is 1. The zero-order chi connectivity index (χ0) is 13.0. The molecule has 4 nitrogen and oxygen atoms in total. The van der Waals surface area contributed by atoms with Crippen LogP contribution in [0.1, 0.15) is 38.4 Å². The number of hydrogen-bond acceptors (Lipinski definition) is 5. The van der Waals surface area contributed by atoms with Crippen molar-refractivity contribution < 1.29 is 4.74 Å². The molecule has 100 valence electrons. The van der Waals surface area contributed by atoms with Crippen molar-refractivity contribution in [1.82, 2.24) is 15.3 Å². The molecule has 2 heterocycles. The van der Waals surface area contributed by atoms with Crippen LogP contribution in [0.5, 0.6) is 0 Å². The van der Waals surface area contributed by atoms with Gasteiger partial charge in [0.25, 0.3) is 0 Å². The van der Waals surface area contributed by atoms with E-state index in [0.717, 1.165) is 36.2 Å². The zero-order valence-electron chi connectivity index (χ0n) is 11.3. The van der Waals surface area contributed by atoms with Gasteiger partial charge in [-0.05, 0) is 26.8 Å². The molecule has 1 atom stereocenters. The van der Waals surface area contributed by atoms with Gasteiger partial charge in [-0.2, -0.15) is 11.8 Å². The first kappa shape index (κ1) is 13.8. The van der Waals surface area contributed by atoms with Crippen LogP contribution in [0.2, 0.25) is 0 Å². The van der Waals surface area contributed by atoms with Crippen molar-refractivity contribution in [3.63, 3.8) is 0 Å². The first-order chi connectivity index (χ1) is 8.54. The van der Waals surface area contributed by atoms with E-state index in [2.05, 4.69) is 36.1 Å². The highest BCUT2D eigenvalue weighted by molar-refractivity contribution is 7.99. The van der Waals surface area contributed by atoms with Gasteiger partial charge >= 0.3 is 0 Å². The highest BCUT2D eigenvalue weighted by atomic mass is 32.2. The lowest BCUT2D eigenvalue weighted by Gasteiger charge is -2.22. The van der Waals surface area contributed by atoms with Crippen molar-refractivity contribution in [3.05, 3.63) is 23.8 Å². The van der Waals surface area contributed by atoms with Crippen LogP contribution in [0.15, 0.2) is 12.3 Å². The third kappa shape index (κ3) is 4.23. The molecule has 1 aliphatic heterocycles. The van der Waals surface area contributed by atoms with Crippen LogP contribution in [-0.4, -0.2) is 33.6 Å². The summed E-state index contributed by atoms with van der Waals surface area (Å²) >= 11 is 1.90. The Morgan fingerprint density at radius 1 is 1.50 bits per heavy atom. The van der Waals surface area contributed by atoms with Gasteiger partial charge in [-0.15, -0.1) is 0 Å². The van der Waals surface area contributed by atoms with Gasteiger partial charge in [-0.1, -0.05) is 0 Å². The minimum Gasteiger partial charge on any atom is -0.368 e. The lowest BCUT2D eigenvalue weighted by Crippen LogP contribution is -2.35. The van der Waals surface area contributed by atoms with Gasteiger partial charge in [0, 0.05) is 29.8 Å². The predicted molar refractivity (Wildman–Crippen MR) is 74.6 cm³/mol. The summed E-state index contributed by atoms with van der Waals surface area (Å²) in [6.07, 6.45) is 1.88. The Bertz CT molecular complexity index is 386. The SMILES string of the molecule is CC(C)(C)NCc1ccnc(C2CSCCO2)n1. The molecule has 0 saturated carbocycles. The Labute approximate surface area is 113 Å². The number of nitrogens with zero attached hydrogens (tertiary/aromatic N) is 2. The summed E-state index contributed by atoms with van der Waals surface area (Å²) < 4.78 is 5.70. The summed E-state index contributed by atoms with van der Waals surface area (Å²) in [6, 6.07) is 1.96. The fourth-order valence-corrected chi connectivity index (χ4v) is 2.50. The molecule has 1 saturated heterocycles. The fraction of sp³-hybridized carbons (Fsp3) is 0.692. The maximum absolute atomic E-state index is 5.70. The first-order valence-corrected chi connectivity index (χ1v) is 7.46. The standard InChI is InChI=1S/C13H21N3OS/c1-13(2,3)15-8-10-4-5-14-12(16-10)11-9-18-7-6-17-11/h4-5,11,15H,6-9H2,1-3H3. The van der Waals surface area contributed by atoms with Gasteiger partial charge < -0.3 is 10.1 Å². The lowest BCUT2D eigenvalue weighted by atomic mass is 10.1. The normalized spacial score (nSPS) is 20.9. The second-order valence-electron chi connectivity index (χ2n) is 5.44.